The molecule has 5 rings (SSSR count). The monoisotopic (exact) mass is 550 g/mol. The van der Waals surface area contributed by atoms with Crippen LogP contribution in [0, 0.1) is 18.7 Å². The van der Waals surface area contributed by atoms with Crippen molar-refractivity contribution in [1.29, 1.82) is 0 Å². The molecule has 0 saturated carbocycles. The van der Waals surface area contributed by atoms with Gasteiger partial charge in [-0.2, -0.15) is 0 Å². The third kappa shape index (κ3) is 5.67. The first kappa shape index (κ1) is 28.7. The van der Waals surface area contributed by atoms with Gasteiger partial charge in [-0.05, 0) is 75.8 Å². The minimum atomic E-state index is -0.411. The van der Waals surface area contributed by atoms with Crippen molar-refractivity contribution in [2.45, 2.75) is 78.7 Å². The Labute approximate surface area is 237 Å². The van der Waals surface area contributed by atoms with Crippen molar-refractivity contribution in [2.24, 2.45) is 5.92 Å². The highest BCUT2D eigenvalue weighted by Crippen LogP contribution is 2.37. The number of fused-ring (bicyclic) bond motifs is 1. The molecule has 0 N–H and O–H groups in total. The van der Waals surface area contributed by atoms with Crippen molar-refractivity contribution in [3.8, 4) is 11.1 Å². The van der Waals surface area contributed by atoms with E-state index in [2.05, 4.69) is 40.4 Å². The van der Waals surface area contributed by atoms with E-state index in [4.69, 9.17) is 9.47 Å². The molecule has 216 valence electrons. The van der Waals surface area contributed by atoms with Crippen LogP contribution in [0.4, 0.5) is 4.39 Å². The molecule has 0 radical (unpaired) electrons. The van der Waals surface area contributed by atoms with E-state index in [9.17, 15) is 9.18 Å². The Bertz CT molecular complexity index is 1340. The second-order valence-corrected chi connectivity index (χ2v) is 11.8. The van der Waals surface area contributed by atoms with Crippen molar-refractivity contribution < 1.29 is 18.7 Å². The molecule has 2 fully saturated rings. The summed E-state index contributed by atoms with van der Waals surface area (Å²) in [4.78, 5) is 22.6. The van der Waals surface area contributed by atoms with E-state index in [1.807, 2.05) is 33.9 Å². The second kappa shape index (κ2) is 12.0. The molecule has 3 aromatic rings. The number of rotatable bonds is 10. The Kier molecular flexibility index (Phi) is 8.59. The van der Waals surface area contributed by atoms with Crippen LogP contribution >= 0.6 is 0 Å². The third-order valence-corrected chi connectivity index (χ3v) is 8.58. The van der Waals surface area contributed by atoms with E-state index >= 15 is 0 Å². The molecule has 0 unspecified atom stereocenters. The number of aryl methyl sites for hydroxylation is 1. The first-order valence-electron chi connectivity index (χ1n) is 14.7. The fourth-order valence-corrected chi connectivity index (χ4v) is 6.32. The molecule has 2 saturated heterocycles. The van der Waals surface area contributed by atoms with Crippen molar-refractivity contribution in [1.82, 2.24) is 19.2 Å². The number of pyridine rings is 1. The molecule has 2 aliphatic heterocycles. The smallest absolute Gasteiger partial charge is 0.254 e. The number of likely N-dealkylation sites (tertiary alicyclic amines) is 1. The number of carbonyl (C=O) groups is 1. The minimum absolute atomic E-state index is 0.0128. The highest BCUT2D eigenvalue weighted by atomic mass is 19.1. The highest BCUT2D eigenvalue weighted by Gasteiger charge is 2.36. The number of ether oxygens (including phenoxy) is 2. The lowest BCUT2D eigenvalue weighted by molar-refractivity contribution is -0.0564. The molecule has 1 aromatic carbocycles. The summed E-state index contributed by atoms with van der Waals surface area (Å²) in [6, 6.07) is 7.25. The van der Waals surface area contributed by atoms with Gasteiger partial charge in [0.15, 0.2) is 6.29 Å². The fraction of sp³-hybridized carbons (Fsp3) is 0.562. The molecule has 7 nitrogen and oxygen atoms in total. The summed E-state index contributed by atoms with van der Waals surface area (Å²) in [5.74, 6) is 1.22. The molecule has 2 aliphatic rings. The molecule has 2 aromatic heterocycles. The van der Waals surface area contributed by atoms with Crippen molar-refractivity contribution >= 4 is 11.4 Å². The average Bonchev–Trinajstić information content (AvgIpc) is 3.54. The summed E-state index contributed by atoms with van der Waals surface area (Å²) >= 11 is 0. The molecular formula is C32H43FN4O3. The van der Waals surface area contributed by atoms with Gasteiger partial charge in [-0.3, -0.25) is 9.69 Å². The predicted octanol–water partition coefficient (Wildman–Crippen LogP) is 5.90. The summed E-state index contributed by atoms with van der Waals surface area (Å²) in [5, 5.41) is 0. The number of amides is 1. The van der Waals surface area contributed by atoms with Gasteiger partial charge in [0.1, 0.15) is 11.6 Å². The van der Waals surface area contributed by atoms with Crippen LogP contribution in [0.5, 0.6) is 0 Å². The number of hydrogen-bond acceptors (Lipinski definition) is 5. The molecule has 0 bridgehead atoms. The molecule has 4 heterocycles. The van der Waals surface area contributed by atoms with Gasteiger partial charge in [0.05, 0.1) is 30.5 Å². The lowest BCUT2D eigenvalue weighted by Crippen LogP contribution is -2.52. The average molecular weight is 551 g/mol. The second-order valence-electron chi connectivity index (χ2n) is 11.8. The zero-order valence-corrected chi connectivity index (χ0v) is 24.7. The van der Waals surface area contributed by atoms with Gasteiger partial charge in [0, 0.05) is 49.4 Å². The lowest BCUT2D eigenvalue weighted by Gasteiger charge is -2.46. The molecule has 1 amide bonds. The molecule has 8 heteroatoms. The van der Waals surface area contributed by atoms with E-state index < -0.39 is 5.82 Å². The van der Waals surface area contributed by atoms with E-state index in [-0.39, 0.29) is 18.2 Å². The van der Waals surface area contributed by atoms with Gasteiger partial charge >= 0.3 is 0 Å². The van der Waals surface area contributed by atoms with Gasteiger partial charge in [0.2, 0.25) is 0 Å². The van der Waals surface area contributed by atoms with Crippen LogP contribution in [0.3, 0.4) is 0 Å². The summed E-state index contributed by atoms with van der Waals surface area (Å²) in [6.07, 6.45) is 5.93. The van der Waals surface area contributed by atoms with Crippen LogP contribution in [0.15, 0.2) is 36.7 Å². The van der Waals surface area contributed by atoms with Crippen LogP contribution in [-0.4, -0.2) is 76.3 Å². The Morgan fingerprint density at radius 1 is 1.12 bits per heavy atom. The van der Waals surface area contributed by atoms with E-state index in [0.717, 1.165) is 48.4 Å². The zero-order valence-electron chi connectivity index (χ0n) is 24.7. The summed E-state index contributed by atoms with van der Waals surface area (Å²) in [5.41, 5.74) is 4.17. The third-order valence-electron chi connectivity index (χ3n) is 8.58. The normalized spacial score (nSPS) is 17.7. The molecule has 0 spiro atoms. The number of carbonyl (C=O) groups excluding carboxylic acids is 1. The number of hydrogen-bond donors (Lipinski definition) is 0. The summed E-state index contributed by atoms with van der Waals surface area (Å²) in [6.45, 7) is 16.4. The maximum absolute atomic E-state index is 14.5. The fourth-order valence-electron chi connectivity index (χ4n) is 6.32. The summed E-state index contributed by atoms with van der Waals surface area (Å²) < 4.78 is 28.0. The maximum Gasteiger partial charge on any atom is 0.254 e. The quantitative estimate of drug-likeness (QED) is 0.315. The van der Waals surface area contributed by atoms with E-state index in [1.54, 1.807) is 11.0 Å². The van der Waals surface area contributed by atoms with Gasteiger partial charge in [-0.15, -0.1) is 0 Å². The summed E-state index contributed by atoms with van der Waals surface area (Å²) in [7, 11) is 0. The maximum atomic E-state index is 14.5. The number of halogens is 1. The number of benzene rings is 1. The first-order chi connectivity index (χ1) is 19.2. The van der Waals surface area contributed by atoms with Gasteiger partial charge in [-0.25, -0.2) is 9.37 Å². The van der Waals surface area contributed by atoms with Crippen LogP contribution < -0.4 is 0 Å². The van der Waals surface area contributed by atoms with E-state index in [1.165, 1.54) is 17.7 Å². The number of nitrogens with zero attached hydrogens (tertiary/aromatic N) is 4. The molecule has 0 aliphatic carbocycles. The topological polar surface area (TPSA) is 59.3 Å². The van der Waals surface area contributed by atoms with Crippen molar-refractivity contribution in [3.63, 3.8) is 0 Å². The first-order valence-corrected chi connectivity index (χ1v) is 14.7. The Hall–Kier alpha value is -2.81. The Balaban J connectivity index is 1.45. The standard InChI is InChI=1S/C32H43FN4O3/c1-7-36(21(4)5)32(38)28-15-25(33)8-9-26(28)27-14-23(19-37-22(6)34-16-30(27)37)24-17-35(18-24)29(20(2)3)10-11-31-39-12-13-40-31/h8-9,14-16,19-21,24,29,31H,7,10-13,17-18H2,1-6H3/t29-/m1/s1. The SMILES string of the molecule is CCN(C(=O)c1cc(F)ccc1-c1cc(C2CN([C@H](CCC3OCCO3)C(C)C)C2)cn2c(C)ncc12)C(C)C. The Morgan fingerprint density at radius 3 is 2.50 bits per heavy atom. The Morgan fingerprint density at radius 2 is 1.85 bits per heavy atom. The molecule has 40 heavy (non-hydrogen) atoms. The van der Waals surface area contributed by atoms with Crippen LogP contribution in [0.2, 0.25) is 0 Å². The van der Waals surface area contributed by atoms with Crippen LogP contribution in [0.1, 0.15) is 75.1 Å². The predicted molar refractivity (Wildman–Crippen MR) is 155 cm³/mol. The molecular weight excluding hydrogens is 507 g/mol. The molecule has 1 atom stereocenters. The van der Waals surface area contributed by atoms with Gasteiger partial charge in [0.25, 0.3) is 5.91 Å². The van der Waals surface area contributed by atoms with Crippen molar-refractivity contribution in [3.05, 3.63) is 59.4 Å². The van der Waals surface area contributed by atoms with Crippen LogP contribution in [-0.2, 0) is 9.47 Å². The van der Waals surface area contributed by atoms with Crippen molar-refractivity contribution in [2.75, 3.05) is 32.8 Å². The van der Waals surface area contributed by atoms with Crippen LogP contribution in [0.25, 0.3) is 16.6 Å². The largest absolute Gasteiger partial charge is 0.350 e. The number of aromatic nitrogens is 2. The van der Waals surface area contributed by atoms with E-state index in [0.29, 0.717) is 43.2 Å². The van der Waals surface area contributed by atoms with Gasteiger partial charge < -0.3 is 18.8 Å². The van der Waals surface area contributed by atoms with Gasteiger partial charge in [-0.1, -0.05) is 19.9 Å². The zero-order chi connectivity index (χ0) is 28.6. The highest BCUT2D eigenvalue weighted by molar-refractivity contribution is 6.03. The number of imidazole rings is 1. The lowest BCUT2D eigenvalue weighted by atomic mass is 9.85. The minimum Gasteiger partial charge on any atom is -0.350 e.